The number of nitrogens with one attached hydrogen (secondary N) is 2. The zero-order chi connectivity index (χ0) is 16.8. The van der Waals surface area contributed by atoms with Gasteiger partial charge in [0.15, 0.2) is 0 Å². The van der Waals surface area contributed by atoms with Gasteiger partial charge < -0.3 is 0 Å². The van der Waals surface area contributed by atoms with Crippen molar-refractivity contribution < 1.29 is 8.42 Å². The normalized spacial score (nSPS) is 19.4. The predicted molar refractivity (Wildman–Crippen MR) is 92.9 cm³/mol. The molecule has 130 valence electrons. The first-order chi connectivity index (χ1) is 11.6. The van der Waals surface area contributed by atoms with Crippen LogP contribution in [0.3, 0.4) is 0 Å². The summed E-state index contributed by atoms with van der Waals surface area (Å²) < 4.78 is 26.9. The Hall–Kier alpha value is -1.70. The van der Waals surface area contributed by atoms with Crippen molar-refractivity contribution in [3.05, 3.63) is 48.3 Å². The zero-order valence-corrected chi connectivity index (χ0v) is 14.5. The van der Waals surface area contributed by atoms with Crippen molar-refractivity contribution in [3.63, 3.8) is 0 Å². The SMILES string of the molecule is O=S(=O)(NCCC1CCCCN1Cc1ccccc1)c1cn[nH]c1. The van der Waals surface area contributed by atoms with Crippen molar-refractivity contribution in [2.75, 3.05) is 13.1 Å². The minimum absolute atomic E-state index is 0.187. The second-order valence-electron chi connectivity index (χ2n) is 6.23. The summed E-state index contributed by atoms with van der Waals surface area (Å²) in [7, 11) is -3.46. The number of nitrogens with zero attached hydrogens (tertiary/aromatic N) is 2. The average Bonchev–Trinajstić information content (AvgIpc) is 3.13. The van der Waals surface area contributed by atoms with Crippen LogP contribution in [0.5, 0.6) is 0 Å². The van der Waals surface area contributed by atoms with E-state index in [-0.39, 0.29) is 4.90 Å². The molecule has 0 bridgehead atoms. The van der Waals surface area contributed by atoms with Gasteiger partial charge in [-0.25, -0.2) is 13.1 Å². The van der Waals surface area contributed by atoms with Crippen LogP contribution in [0.1, 0.15) is 31.2 Å². The predicted octanol–water partition coefficient (Wildman–Crippen LogP) is 2.13. The van der Waals surface area contributed by atoms with Gasteiger partial charge in [-0.1, -0.05) is 36.8 Å². The fourth-order valence-electron chi connectivity index (χ4n) is 3.24. The highest BCUT2D eigenvalue weighted by Gasteiger charge is 2.23. The number of piperidine rings is 1. The lowest BCUT2D eigenvalue weighted by molar-refractivity contribution is 0.133. The Morgan fingerprint density at radius 1 is 1.25 bits per heavy atom. The van der Waals surface area contributed by atoms with Crippen LogP contribution < -0.4 is 4.72 Å². The highest BCUT2D eigenvalue weighted by molar-refractivity contribution is 7.89. The highest BCUT2D eigenvalue weighted by atomic mass is 32.2. The zero-order valence-electron chi connectivity index (χ0n) is 13.7. The molecule has 3 rings (SSSR count). The molecule has 1 atom stereocenters. The molecule has 2 aromatic rings. The number of rotatable bonds is 7. The number of aromatic nitrogens is 2. The van der Waals surface area contributed by atoms with E-state index in [0.29, 0.717) is 12.6 Å². The third-order valence-corrected chi connectivity index (χ3v) is 5.96. The van der Waals surface area contributed by atoms with Crippen molar-refractivity contribution >= 4 is 10.0 Å². The molecule has 0 aliphatic carbocycles. The molecule has 1 aromatic carbocycles. The minimum atomic E-state index is -3.46. The van der Waals surface area contributed by atoms with Gasteiger partial charge in [-0.3, -0.25) is 10.00 Å². The summed E-state index contributed by atoms with van der Waals surface area (Å²) >= 11 is 0. The smallest absolute Gasteiger partial charge is 0.243 e. The lowest BCUT2D eigenvalue weighted by atomic mass is 9.98. The largest absolute Gasteiger partial charge is 0.296 e. The van der Waals surface area contributed by atoms with Crippen molar-refractivity contribution in [1.29, 1.82) is 0 Å². The van der Waals surface area contributed by atoms with E-state index in [9.17, 15) is 8.42 Å². The van der Waals surface area contributed by atoms with Crippen molar-refractivity contribution in [3.8, 4) is 0 Å². The topological polar surface area (TPSA) is 78.1 Å². The van der Waals surface area contributed by atoms with Crippen LogP contribution in [-0.2, 0) is 16.6 Å². The van der Waals surface area contributed by atoms with Crippen molar-refractivity contribution in [2.24, 2.45) is 0 Å². The fraction of sp³-hybridized carbons (Fsp3) is 0.471. The first-order valence-corrected chi connectivity index (χ1v) is 9.90. The summed E-state index contributed by atoms with van der Waals surface area (Å²) in [6.45, 7) is 2.46. The van der Waals surface area contributed by atoms with Crippen molar-refractivity contribution in [1.82, 2.24) is 19.8 Å². The lowest BCUT2D eigenvalue weighted by Crippen LogP contribution is -2.41. The Bertz CT molecular complexity index is 716. The summed E-state index contributed by atoms with van der Waals surface area (Å²) in [4.78, 5) is 2.66. The van der Waals surface area contributed by atoms with E-state index in [1.54, 1.807) is 0 Å². The van der Waals surface area contributed by atoms with E-state index in [0.717, 1.165) is 25.9 Å². The summed E-state index contributed by atoms with van der Waals surface area (Å²) in [5.41, 5.74) is 1.31. The van der Waals surface area contributed by atoms with Gasteiger partial charge in [0.2, 0.25) is 10.0 Å². The van der Waals surface area contributed by atoms with Crippen LogP contribution in [-0.4, -0.2) is 42.6 Å². The molecule has 1 unspecified atom stereocenters. The van der Waals surface area contributed by atoms with Gasteiger partial charge in [0, 0.05) is 25.3 Å². The molecule has 2 N–H and O–H groups in total. The number of likely N-dealkylation sites (tertiary alicyclic amines) is 1. The van der Waals surface area contributed by atoms with Crippen LogP contribution in [0, 0.1) is 0 Å². The monoisotopic (exact) mass is 348 g/mol. The Kier molecular flexibility index (Phi) is 5.65. The lowest BCUT2D eigenvalue weighted by Gasteiger charge is -2.36. The van der Waals surface area contributed by atoms with Gasteiger partial charge in [-0.2, -0.15) is 5.10 Å². The van der Waals surface area contributed by atoms with Crippen LogP contribution >= 0.6 is 0 Å². The molecule has 24 heavy (non-hydrogen) atoms. The maximum absolute atomic E-state index is 12.1. The Morgan fingerprint density at radius 2 is 2.08 bits per heavy atom. The molecular formula is C17H24N4O2S. The van der Waals surface area contributed by atoms with E-state index in [2.05, 4.69) is 44.1 Å². The van der Waals surface area contributed by atoms with Crippen LogP contribution in [0.25, 0.3) is 0 Å². The van der Waals surface area contributed by atoms with Gasteiger partial charge in [0.05, 0.1) is 6.20 Å². The number of hydrogen-bond donors (Lipinski definition) is 2. The van der Waals surface area contributed by atoms with E-state index >= 15 is 0 Å². The van der Waals surface area contributed by atoms with Gasteiger partial charge in [-0.15, -0.1) is 0 Å². The second kappa shape index (κ2) is 7.92. The number of aromatic amines is 1. The van der Waals surface area contributed by atoms with E-state index in [1.807, 2.05) is 6.07 Å². The number of hydrogen-bond acceptors (Lipinski definition) is 4. The second-order valence-corrected chi connectivity index (χ2v) is 7.99. The third kappa shape index (κ3) is 4.43. The van der Waals surface area contributed by atoms with Crippen molar-refractivity contribution in [2.45, 2.75) is 43.2 Å². The minimum Gasteiger partial charge on any atom is -0.296 e. The summed E-state index contributed by atoms with van der Waals surface area (Å²) in [6, 6.07) is 10.9. The molecule has 2 heterocycles. The van der Waals surface area contributed by atoms with Gasteiger partial charge in [0.1, 0.15) is 4.90 Å². The van der Waals surface area contributed by atoms with E-state index < -0.39 is 10.0 Å². The standard InChI is InChI=1S/C17H24N4O2S/c22-24(23,17-12-18-19-13-17)20-10-9-16-8-4-5-11-21(16)14-15-6-2-1-3-7-15/h1-3,6-7,12-13,16,20H,4-5,8-11,14H2,(H,18,19). The van der Waals surface area contributed by atoms with Gasteiger partial charge in [0.25, 0.3) is 0 Å². The maximum Gasteiger partial charge on any atom is 0.243 e. The molecule has 7 heteroatoms. The summed E-state index contributed by atoms with van der Waals surface area (Å²) in [5.74, 6) is 0. The van der Waals surface area contributed by atoms with Gasteiger partial charge >= 0.3 is 0 Å². The first kappa shape index (κ1) is 17.1. The Morgan fingerprint density at radius 3 is 2.83 bits per heavy atom. The maximum atomic E-state index is 12.1. The number of H-pyrrole nitrogens is 1. The molecule has 1 saturated heterocycles. The molecule has 1 fully saturated rings. The van der Waals surface area contributed by atoms with Gasteiger partial charge in [-0.05, 0) is 31.4 Å². The molecule has 1 aliphatic heterocycles. The quantitative estimate of drug-likeness (QED) is 0.803. The fourth-order valence-corrected chi connectivity index (χ4v) is 4.19. The number of sulfonamides is 1. The van der Waals surface area contributed by atoms with Crippen LogP contribution in [0.4, 0.5) is 0 Å². The Balaban J connectivity index is 1.54. The van der Waals surface area contributed by atoms with E-state index in [4.69, 9.17) is 0 Å². The molecule has 1 aromatic heterocycles. The van der Waals surface area contributed by atoms with E-state index in [1.165, 1.54) is 30.8 Å². The molecule has 0 spiro atoms. The molecule has 0 radical (unpaired) electrons. The summed E-state index contributed by atoms with van der Waals surface area (Å²) in [6.07, 6.45) is 7.09. The molecule has 0 saturated carbocycles. The molecule has 6 nitrogen and oxygen atoms in total. The average molecular weight is 348 g/mol. The third-order valence-electron chi connectivity index (χ3n) is 4.53. The first-order valence-electron chi connectivity index (χ1n) is 8.41. The molecule has 1 aliphatic rings. The molecule has 0 amide bonds. The Labute approximate surface area is 143 Å². The molecular weight excluding hydrogens is 324 g/mol. The number of benzene rings is 1. The highest BCUT2D eigenvalue weighted by Crippen LogP contribution is 2.22. The summed E-state index contributed by atoms with van der Waals surface area (Å²) in [5, 5.41) is 6.23. The van der Waals surface area contributed by atoms with Crippen LogP contribution in [0.2, 0.25) is 0 Å². The van der Waals surface area contributed by atoms with Crippen LogP contribution in [0.15, 0.2) is 47.6 Å².